The first kappa shape index (κ1) is 16.8. The first-order valence-electron chi connectivity index (χ1n) is 9.14. The molecule has 0 aliphatic heterocycles. The summed E-state index contributed by atoms with van der Waals surface area (Å²) in [4.78, 5) is 3.38. The standard InChI is InChI=1S/C21H20N4O3/c1-26-18-8-3-11(9-19(18)27-2)20-24-25-21(28-20)17-10-14-12-4-6-15(22)13(12)5-7-16(14)23-17/h3,5,7-10,15,23H,4,6,22H2,1-2H3. The summed E-state index contributed by atoms with van der Waals surface area (Å²) in [7, 11) is 3.19. The molecule has 0 bridgehead atoms. The fourth-order valence-electron chi connectivity index (χ4n) is 3.90. The number of nitrogens with one attached hydrogen (secondary N) is 1. The van der Waals surface area contributed by atoms with Crippen molar-refractivity contribution in [1.82, 2.24) is 15.2 Å². The molecule has 1 unspecified atom stereocenters. The maximum Gasteiger partial charge on any atom is 0.264 e. The molecule has 0 saturated heterocycles. The Morgan fingerprint density at radius 3 is 2.68 bits per heavy atom. The van der Waals surface area contributed by atoms with Crippen molar-refractivity contribution in [1.29, 1.82) is 0 Å². The van der Waals surface area contributed by atoms with Crippen molar-refractivity contribution in [2.24, 2.45) is 5.73 Å². The maximum atomic E-state index is 6.20. The lowest BCUT2D eigenvalue weighted by Gasteiger charge is -2.07. The first-order chi connectivity index (χ1) is 13.7. The van der Waals surface area contributed by atoms with Gasteiger partial charge in [0.2, 0.25) is 5.89 Å². The molecular weight excluding hydrogens is 356 g/mol. The highest BCUT2D eigenvalue weighted by molar-refractivity contribution is 5.89. The van der Waals surface area contributed by atoms with Gasteiger partial charge < -0.3 is 24.6 Å². The van der Waals surface area contributed by atoms with Crippen molar-refractivity contribution in [3.8, 4) is 34.5 Å². The van der Waals surface area contributed by atoms with Crippen LogP contribution in [0.3, 0.4) is 0 Å². The third-order valence-electron chi connectivity index (χ3n) is 5.34. The van der Waals surface area contributed by atoms with Gasteiger partial charge in [-0.15, -0.1) is 10.2 Å². The van der Waals surface area contributed by atoms with E-state index in [0.29, 0.717) is 23.3 Å². The number of aryl methyl sites for hydroxylation is 1. The molecule has 28 heavy (non-hydrogen) atoms. The number of benzene rings is 2. The summed E-state index contributed by atoms with van der Waals surface area (Å²) in [5.41, 5.74) is 11.3. The quantitative estimate of drug-likeness (QED) is 0.561. The van der Waals surface area contributed by atoms with Gasteiger partial charge in [-0.05, 0) is 54.3 Å². The van der Waals surface area contributed by atoms with Crippen LogP contribution in [0.1, 0.15) is 23.6 Å². The normalized spacial score (nSPS) is 15.8. The number of hydrogen-bond acceptors (Lipinski definition) is 6. The molecule has 1 atom stereocenters. The van der Waals surface area contributed by atoms with Gasteiger partial charge in [0.25, 0.3) is 5.89 Å². The van der Waals surface area contributed by atoms with Gasteiger partial charge in [0, 0.05) is 22.5 Å². The summed E-state index contributed by atoms with van der Waals surface area (Å²) < 4.78 is 16.5. The Morgan fingerprint density at radius 1 is 1.04 bits per heavy atom. The molecular formula is C21H20N4O3. The van der Waals surface area contributed by atoms with Gasteiger partial charge in [-0.3, -0.25) is 0 Å². The SMILES string of the molecule is COc1ccc(-c2nnc(-c3cc4c5c(ccc4[nH]3)C(N)CC5)o2)cc1OC. The van der Waals surface area contributed by atoms with Crippen LogP contribution in [0, 0.1) is 0 Å². The van der Waals surface area contributed by atoms with Gasteiger partial charge in [0.05, 0.1) is 14.2 Å². The van der Waals surface area contributed by atoms with E-state index in [2.05, 4.69) is 33.4 Å². The molecule has 0 radical (unpaired) electrons. The van der Waals surface area contributed by atoms with E-state index in [0.717, 1.165) is 29.6 Å². The Bertz CT molecular complexity index is 1180. The third-order valence-corrected chi connectivity index (χ3v) is 5.34. The highest BCUT2D eigenvalue weighted by Gasteiger charge is 2.23. The molecule has 2 aromatic heterocycles. The van der Waals surface area contributed by atoms with E-state index in [-0.39, 0.29) is 6.04 Å². The summed E-state index contributed by atoms with van der Waals surface area (Å²) in [6.07, 6.45) is 1.98. The van der Waals surface area contributed by atoms with Crippen LogP contribution in [0.2, 0.25) is 0 Å². The van der Waals surface area contributed by atoms with Crippen LogP contribution in [0.4, 0.5) is 0 Å². The molecule has 2 heterocycles. The average Bonchev–Trinajstić information content (AvgIpc) is 3.45. The van der Waals surface area contributed by atoms with Crippen LogP contribution in [-0.2, 0) is 6.42 Å². The van der Waals surface area contributed by atoms with E-state index in [1.54, 1.807) is 14.2 Å². The van der Waals surface area contributed by atoms with Crippen molar-refractivity contribution in [3.05, 3.63) is 47.5 Å². The second-order valence-electron chi connectivity index (χ2n) is 6.90. The van der Waals surface area contributed by atoms with Crippen molar-refractivity contribution in [2.45, 2.75) is 18.9 Å². The molecule has 0 spiro atoms. The summed E-state index contributed by atoms with van der Waals surface area (Å²) >= 11 is 0. The van der Waals surface area contributed by atoms with Crippen LogP contribution in [-0.4, -0.2) is 29.4 Å². The van der Waals surface area contributed by atoms with Crippen molar-refractivity contribution < 1.29 is 13.9 Å². The van der Waals surface area contributed by atoms with E-state index in [4.69, 9.17) is 19.6 Å². The van der Waals surface area contributed by atoms with Crippen molar-refractivity contribution in [2.75, 3.05) is 14.2 Å². The molecule has 3 N–H and O–H groups in total. The molecule has 4 aromatic rings. The number of aromatic amines is 1. The Hall–Kier alpha value is -3.32. The van der Waals surface area contributed by atoms with E-state index in [1.165, 1.54) is 16.5 Å². The van der Waals surface area contributed by atoms with Crippen LogP contribution in [0.25, 0.3) is 33.9 Å². The largest absolute Gasteiger partial charge is 0.493 e. The molecule has 1 aliphatic carbocycles. The van der Waals surface area contributed by atoms with Crippen LogP contribution >= 0.6 is 0 Å². The molecule has 5 rings (SSSR count). The fourth-order valence-corrected chi connectivity index (χ4v) is 3.90. The molecule has 0 saturated carbocycles. The van der Waals surface area contributed by atoms with E-state index in [9.17, 15) is 0 Å². The number of nitrogens with zero attached hydrogens (tertiary/aromatic N) is 2. The monoisotopic (exact) mass is 376 g/mol. The molecule has 0 fully saturated rings. The predicted molar refractivity (Wildman–Crippen MR) is 105 cm³/mol. The summed E-state index contributed by atoms with van der Waals surface area (Å²) in [6, 6.07) is 11.9. The highest BCUT2D eigenvalue weighted by atomic mass is 16.5. The minimum absolute atomic E-state index is 0.123. The smallest absolute Gasteiger partial charge is 0.264 e. The number of ether oxygens (including phenoxy) is 2. The van der Waals surface area contributed by atoms with Crippen molar-refractivity contribution in [3.63, 3.8) is 0 Å². The van der Waals surface area contributed by atoms with Crippen LogP contribution < -0.4 is 15.2 Å². The van der Waals surface area contributed by atoms with Gasteiger partial charge in [-0.1, -0.05) is 6.07 Å². The summed E-state index contributed by atoms with van der Waals surface area (Å²) in [5, 5.41) is 9.59. The van der Waals surface area contributed by atoms with Gasteiger partial charge in [0.1, 0.15) is 5.69 Å². The number of nitrogens with two attached hydrogens (primary N) is 1. The molecule has 7 heteroatoms. The fraction of sp³-hybridized carbons (Fsp3) is 0.238. The molecule has 7 nitrogen and oxygen atoms in total. The number of fused-ring (bicyclic) bond motifs is 3. The summed E-state index contributed by atoms with van der Waals surface area (Å²) in [6.45, 7) is 0. The topological polar surface area (TPSA) is 99.2 Å². The lowest BCUT2D eigenvalue weighted by molar-refractivity contribution is 0.355. The third kappa shape index (κ3) is 2.55. The van der Waals surface area contributed by atoms with Crippen LogP contribution in [0.5, 0.6) is 11.5 Å². The molecule has 2 aromatic carbocycles. The van der Waals surface area contributed by atoms with E-state index < -0.39 is 0 Å². The van der Waals surface area contributed by atoms with Gasteiger partial charge in [-0.2, -0.15) is 0 Å². The minimum Gasteiger partial charge on any atom is -0.493 e. The Labute approximate surface area is 161 Å². The molecule has 142 valence electrons. The number of aromatic nitrogens is 3. The maximum absolute atomic E-state index is 6.20. The minimum atomic E-state index is 0.123. The second-order valence-corrected chi connectivity index (χ2v) is 6.90. The summed E-state index contributed by atoms with van der Waals surface area (Å²) in [5.74, 6) is 2.12. The second kappa shape index (κ2) is 6.38. The Balaban J connectivity index is 1.53. The Morgan fingerprint density at radius 2 is 1.86 bits per heavy atom. The zero-order valence-corrected chi connectivity index (χ0v) is 15.7. The Kier molecular flexibility index (Phi) is 3.84. The van der Waals surface area contributed by atoms with E-state index in [1.807, 2.05) is 18.2 Å². The number of rotatable bonds is 4. The van der Waals surface area contributed by atoms with E-state index >= 15 is 0 Å². The first-order valence-corrected chi connectivity index (χ1v) is 9.14. The number of methoxy groups -OCH3 is 2. The zero-order chi connectivity index (χ0) is 19.3. The molecule has 0 amide bonds. The van der Waals surface area contributed by atoms with Gasteiger partial charge in [0.15, 0.2) is 11.5 Å². The number of H-pyrrole nitrogens is 1. The number of hydrogen-bond donors (Lipinski definition) is 2. The van der Waals surface area contributed by atoms with Gasteiger partial charge >= 0.3 is 0 Å². The zero-order valence-electron chi connectivity index (χ0n) is 15.7. The van der Waals surface area contributed by atoms with Gasteiger partial charge in [-0.25, -0.2) is 0 Å². The highest BCUT2D eigenvalue weighted by Crippen LogP contribution is 2.37. The lowest BCUT2D eigenvalue weighted by Crippen LogP contribution is -2.04. The van der Waals surface area contributed by atoms with Crippen LogP contribution in [0.15, 0.2) is 40.8 Å². The predicted octanol–water partition coefficient (Wildman–Crippen LogP) is 3.85. The molecule has 1 aliphatic rings. The van der Waals surface area contributed by atoms with Crippen molar-refractivity contribution >= 4 is 10.9 Å². The average molecular weight is 376 g/mol. The lowest BCUT2D eigenvalue weighted by atomic mass is 10.0.